The summed E-state index contributed by atoms with van der Waals surface area (Å²) in [5.41, 5.74) is 0.330. The molecule has 0 aromatic heterocycles. The number of esters is 1. The second-order valence-corrected chi connectivity index (χ2v) is 9.04. The highest BCUT2D eigenvalue weighted by molar-refractivity contribution is 7.90. The Morgan fingerprint density at radius 3 is 2.26 bits per heavy atom. The molecule has 0 bridgehead atoms. The highest BCUT2D eigenvalue weighted by atomic mass is 35.5. The zero-order valence-electron chi connectivity index (χ0n) is 15.0. The number of rotatable bonds is 10. The van der Waals surface area contributed by atoms with Gasteiger partial charge in [-0.05, 0) is 24.1 Å². The van der Waals surface area contributed by atoms with Gasteiger partial charge in [0.1, 0.15) is 12.8 Å². The second-order valence-electron chi connectivity index (χ2n) is 5.93. The van der Waals surface area contributed by atoms with Crippen LogP contribution in [0.25, 0.3) is 0 Å². The molecular formula is C17H22Cl2FNO5S. The number of halogens is 3. The van der Waals surface area contributed by atoms with Gasteiger partial charge in [-0.3, -0.25) is 9.59 Å². The minimum atomic E-state index is -3.42. The van der Waals surface area contributed by atoms with E-state index in [-0.39, 0.29) is 11.3 Å². The molecule has 0 radical (unpaired) electrons. The number of ether oxygens (including phenoxy) is 1. The lowest BCUT2D eigenvalue weighted by atomic mass is 10.0. The molecule has 0 fully saturated rings. The molecule has 152 valence electrons. The largest absolute Gasteiger partial charge is 0.455 e. The number of unbranched alkanes of at least 4 members (excludes halogenated alkanes) is 1. The minimum absolute atomic E-state index is 0.0599. The average molecular weight is 442 g/mol. The van der Waals surface area contributed by atoms with Gasteiger partial charge < -0.3 is 10.1 Å². The van der Waals surface area contributed by atoms with E-state index in [0.29, 0.717) is 12.0 Å². The van der Waals surface area contributed by atoms with Gasteiger partial charge in [0.05, 0.1) is 10.9 Å². The standard InChI is InChI=1S/C17H22Cl2FNO5S/c1-3-4-5-14(22)26-15(13(10-20)21-17(23)16(18)19)11-6-8-12(9-7-11)27(2,24)25/h6-9,13,15-16H,3-5,10H2,1-2H3,(H,21,23)/t13?,15-/m1/s1. The first-order valence-corrected chi connectivity index (χ1v) is 11.0. The lowest BCUT2D eigenvalue weighted by molar-refractivity contribution is -0.152. The van der Waals surface area contributed by atoms with Crippen LogP contribution < -0.4 is 5.32 Å². The summed E-state index contributed by atoms with van der Waals surface area (Å²) in [5.74, 6) is -1.39. The van der Waals surface area contributed by atoms with E-state index >= 15 is 0 Å². The van der Waals surface area contributed by atoms with E-state index in [1.165, 1.54) is 24.3 Å². The number of carbonyl (C=O) groups excluding carboxylic acids is 2. The van der Waals surface area contributed by atoms with Crippen LogP contribution in [0, 0.1) is 0 Å². The Hall–Kier alpha value is -1.38. The van der Waals surface area contributed by atoms with Gasteiger partial charge in [-0.1, -0.05) is 48.7 Å². The van der Waals surface area contributed by atoms with E-state index in [4.69, 9.17) is 27.9 Å². The molecule has 0 aliphatic carbocycles. The molecule has 0 spiro atoms. The van der Waals surface area contributed by atoms with Crippen molar-refractivity contribution in [3.05, 3.63) is 29.8 Å². The smallest absolute Gasteiger partial charge is 0.306 e. The Bertz CT molecular complexity index is 740. The SMILES string of the molecule is CCCCC(=O)O[C@H](c1ccc(S(C)(=O)=O)cc1)C(CF)NC(=O)C(Cl)Cl. The van der Waals surface area contributed by atoms with Gasteiger partial charge in [0, 0.05) is 12.7 Å². The first kappa shape index (κ1) is 23.7. The zero-order chi connectivity index (χ0) is 20.6. The number of amides is 1. The van der Waals surface area contributed by atoms with Crippen molar-refractivity contribution in [3.63, 3.8) is 0 Å². The molecule has 10 heteroatoms. The van der Waals surface area contributed by atoms with Crippen molar-refractivity contribution < 1.29 is 27.1 Å². The summed E-state index contributed by atoms with van der Waals surface area (Å²) >= 11 is 11.0. The fraction of sp³-hybridized carbons (Fsp3) is 0.529. The molecule has 0 saturated carbocycles. The van der Waals surface area contributed by atoms with Crippen LogP contribution >= 0.6 is 23.2 Å². The number of hydrogen-bond donors (Lipinski definition) is 1. The molecule has 1 rings (SSSR count). The average Bonchev–Trinajstić information content (AvgIpc) is 2.61. The number of sulfone groups is 1. The Kier molecular flexibility index (Phi) is 9.49. The molecule has 1 unspecified atom stereocenters. The van der Waals surface area contributed by atoms with Crippen molar-refractivity contribution in [2.24, 2.45) is 0 Å². The fourth-order valence-corrected chi connectivity index (χ4v) is 3.01. The number of alkyl halides is 3. The Morgan fingerprint density at radius 2 is 1.81 bits per heavy atom. The van der Waals surface area contributed by atoms with Crippen molar-refractivity contribution in [1.82, 2.24) is 5.32 Å². The van der Waals surface area contributed by atoms with Crippen LogP contribution in [0.4, 0.5) is 4.39 Å². The number of carbonyl (C=O) groups is 2. The molecule has 0 aliphatic rings. The summed E-state index contributed by atoms with van der Waals surface area (Å²) in [4.78, 5) is 22.4. The van der Waals surface area contributed by atoms with Crippen LogP contribution in [0.15, 0.2) is 29.2 Å². The number of benzene rings is 1. The van der Waals surface area contributed by atoms with E-state index in [9.17, 15) is 22.4 Å². The molecule has 0 heterocycles. The normalized spacial score (nSPS) is 13.9. The molecular weight excluding hydrogens is 420 g/mol. The van der Waals surface area contributed by atoms with Crippen molar-refractivity contribution in [3.8, 4) is 0 Å². The molecule has 0 saturated heterocycles. The molecule has 1 amide bonds. The summed E-state index contributed by atoms with van der Waals surface area (Å²) in [5, 5.41) is 2.30. The molecule has 2 atom stereocenters. The quantitative estimate of drug-likeness (QED) is 0.444. The monoisotopic (exact) mass is 441 g/mol. The van der Waals surface area contributed by atoms with Gasteiger partial charge >= 0.3 is 5.97 Å². The van der Waals surface area contributed by atoms with Crippen LogP contribution in [0.2, 0.25) is 0 Å². The van der Waals surface area contributed by atoms with Gasteiger partial charge in [-0.15, -0.1) is 0 Å². The number of hydrogen-bond acceptors (Lipinski definition) is 5. The molecule has 6 nitrogen and oxygen atoms in total. The first-order valence-electron chi connectivity index (χ1n) is 8.24. The number of nitrogens with one attached hydrogen (secondary N) is 1. The third kappa shape index (κ3) is 7.63. The van der Waals surface area contributed by atoms with Crippen LogP contribution in [-0.4, -0.2) is 44.1 Å². The lowest BCUT2D eigenvalue weighted by Crippen LogP contribution is -2.44. The van der Waals surface area contributed by atoms with Gasteiger partial charge in [0.15, 0.2) is 14.7 Å². The topological polar surface area (TPSA) is 89.5 Å². The summed E-state index contributed by atoms with van der Waals surface area (Å²) in [6.07, 6.45) is 1.39. The zero-order valence-corrected chi connectivity index (χ0v) is 17.3. The van der Waals surface area contributed by atoms with Gasteiger partial charge in [0.25, 0.3) is 5.91 Å². The van der Waals surface area contributed by atoms with Crippen molar-refractivity contribution >= 4 is 44.9 Å². The van der Waals surface area contributed by atoms with Crippen molar-refractivity contribution in [2.45, 2.75) is 48.1 Å². The lowest BCUT2D eigenvalue weighted by Gasteiger charge is -2.26. The minimum Gasteiger partial charge on any atom is -0.455 e. The van der Waals surface area contributed by atoms with Crippen LogP contribution in [0.1, 0.15) is 37.9 Å². The maximum absolute atomic E-state index is 13.6. The first-order chi connectivity index (χ1) is 12.6. The third-order valence-electron chi connectivity index (χ3n) is 3.69. The van der Waals surface area contributed by atoms with E-state index in [0.717, 1.165) is 12.7 Å². The summed E-state index contributed by atoms with van der Waals surface area (Å²) in [6.45, 7) is 0.853. The Morgan fingerprint density at radius 1 is 1.22 bits per heavy atom. The predicted octanol–water partition coefficient (Wildman–Crippen LogP) is 3.12. The Balaban J connectivity index is 3.15. The van der Waals surface area contributed by atoms with Crippen LogP contribution in [-0.2, 0) is 24.2 Å². The summed E-state index contributed by atoms with van der Waals surface area (Å²) in [6, 6.07) is 4.22. The molecule has 1 aromatic carbocycles. The molecule has 0 aliphatic heterocycles. The fourth-order valence-electron chi connectivity index (χ4n) is 2.25. The predicted molar refractivity (Wildman–Crippen MR) is 101 cm³/mol. The van der Waals surface area contributed by atoms with Gasteiger partial charge in [-0.25, -0.2) is 12.8 Å². The highest BCUT2D eigenvalue weighted by Gasteiger charge is 2.30. The van der Waals surface area contributed by atoms with Crippen molar-refractivity contribution in [2.75, 3.05) is 12.9 Å². The highest BCUT2D eigenvalue weighted by Crippen LogP contribution is 2.25. The third-order valence-corrected chi connectivity index (χ3v) is 5.21. The molecule has 27 heavy (non-hydrogen) atoms. The van der Waals surface area contributed by atoms with Crippen molar-refractivity contribution in [1.29, 1.82) is 0 Å². The maximum Gasteiger partial charge on any atom is 0.306 e. The van der Waals surface area contributed by atoms with E-state index < -0.39 is 45.4 Å². The van der Waals surface area contributed by atoms with Crippen LogP contribution in [0.3, 0.4) is 0 Å². The summed E-state index contributed by atoms with van der Waals surface area (Å²) < 4.78 is 42.1. The van der Waals surface area contributed by atoms with E-state index in [1.807, 2.05) is 6.92 Å². The van der Waals surface area contributed by atoms with E-state index in [2.05, 4.69) is 5.32 Å². The molecule has 1 aromatic rings. The maximum atomic E-state index is 13.6. The van der Waals surface area contributed by atoms with E-state index in [1.54, 1.807) is 0 Å². The second kappa shape index (κ2) is 10.8. The van der Waals surface area contributed by atoms with Crippen LogP contribution in [0.5, 0.6) is 0 Å². The summed E-state index contributed by atoms with van der Waals surface area (Å²) in [7, 11) is -3.42. The van der Waals surface area contributed by atoms with Gasteiger partial charge in [-0.2, -0.15) is 0 Å². The van der Waals surface area contributed by atoms with Gasteiger partial charge in [0.2, 0.25) is 0 Å². The Labute approximate surface area is 168 Å². The molecule has 1 N–H and O–H groups in total.